The van der Waals surface area contributed by atoms with Crippen LogP contribution < -0.4 is 11.1 Å². The van der Waals surface area contributed by atoms with Crippen LogP contribution >= 0.6 is 0 Å². The van der Waals surface area contributed by atoms with Crippen molar-refractivity contribution in [1.82, 2.24) is 5.32 Å². The summed E-state index contributed by atoms with van der Waals surface area (Å²) < 4.78 is 0. The Morgan fingerprint density at radius 3 is 2.45 bits per heavy atom. The third-order valence-electron chi connectivity index (χ3n) is 8.08. The Balaban J connectivity index is 1.35. The quantitative estimate of drug-likeness (QED) is 0.351. The minimum absolute atomic E-state index is 0.200. The minimum Gasteiger partial charge on any atom is -0.393 e. The van der Waals surface area contributed by atoms with Crippen molar-refractivity contribution in [3.05, 3.63) is 106 Å². The lowest BCUT2D eigenvalue weighted by molar-refractivity contribution is -0.127. The zero-order valence-corrected chi connectivity index (χ0v) is 21.6. The summed E-state index contributed by atoms with van der Waals surface area (Å²) in [5.74, 6) is -1.17. The highest BCUT2D eigenvalue weighted by atomic mass is 16.3. The summed E-state index contributed by atoms with van der Waals surface area (Å²) in [5.41, 5.74) is 12.2. The Morgan fingerprint density at radius 2 is 1.66 bits per heavy atom. The van der Waals surface area contributed by atoms with Crippen LogP contribution in [0.25, 0.3) is 0 Å². The van der Waals surface area contributed by atoms with Crippen LogP contribution in [0.5, 0.6) is 0 Å². The number of nitrogens with one attached hydrogen (secondary N) is 1. The Bertz CT molecular complexity index is 1310. The molecule has 0 radical (unpaired) electrons. The van der Waals surface area contributed by atoms with Gasteiger partial charge >= 0.3 is 0 Å². The number of primary amides is 1. The van der Waals surface area contributed by atoms with Crippen LogP contribution in [-0.4, -0.2) is 34.2 Å². The molecule has 4 atom stereocenters. The fourth-order valence-electron chi connectivity index (χ4n) is 6.22. The predicted molar refractivity (Wildman–Crippen MR) is 147 cm³/mol. The van der Waals surface area contributed by atoms with Crippen molar-refractivity contribution < 1.29 is 19.8 Å². The van der Waals surface area contributed by atoms with Gasteiger partial charge in [0.2, 0.25) is 11.8 Å². The van der Waals surface area contributed by atoms with Gasteiger partial charge in [-0.05, 0) is 78.3 Å². The van der Waals surface area contributed by atoms with Gasteiger partial charge in [-0.15, -0.1) is 0 Å². The number of aliphatic hydroxyl groups is 2. The fourth-order valence-corrected chi connectivity index (χ4v) is 6.22. The molecule has 0 bridgehead atoms. The van der Waals surface area contributed by atoms with Gasteiger partial charge in [-0.2, -0.15) is 0 Å². The molecular weight excluding hydrogens is 476 g/mol. The number of hydrogen-bond acceptors (Lipinski definition) is 4. The van der Waals surface area contributed by atoms with Crippen molar-refractivity contribution in [2.24, 2.45) is 11.7 Å². The normalized spacial score (nSPS) is 19.7. The van der Waals surface area contributed by atoms with Crippen LogP contribution in [0.3, 0.4) is 0 Å². The number of rotatable bonds is 9. The average molecular weight is 513 g/mol. The lowest BCUT2D eigenvalue weighted by Crippen LogP contribution is -2.40. The lowest BCUT2D eigenvalue weighted by Gasteiger charge is -2.25. The largest absolute Gasteiger partial charge is 0.393 e. The number of carbonyl (C=O) groups is 2. The first-order chi connectivity index (χ1) is 18.4. The molecule has 5 N–H and O–H groups in total. The molecule has 0 heterocycles. The number of nitrogens with two attached hydrogens (primary N) is 1. The van der Waals surface area contributed by atoms with Crippen LogP contribution in [0, 0.1) is 5.92 Å². The van der Waals surface area contributed by atoms with Gasteiger partial charge in [0.15, 0.2) is 0 Å². The Hall–Kier alpha value is -3.48. The van der Waals surface area contributed by atoms with E-state index in [9.17, 15) is 19.8 Å². The number of hydrogen-bond donors (Lipinski definition) is 4. The molecule has 0 saturated heterocycles. The maximum Gasteiger partial charge on any atom is 0.249 e. The molecule has 2 aliphatic carbocycles. The maximum atomic E-state index is 13.6. The Labute approximate surface area is 223 Å². The van der Waals surface area contributed by atoms with Gasteiger partial charge in [-0.3, -0.25) is 9.59 Å². The number of amides is 2. The molecule has 38 heavy (non-hydrogen) atoms. The van der Waals surface area contributed by atoms with E-state index < -0.39 is 30.1 Å². The fraction of sp³-hybridized carbons (Fsp3) is 0.375. The first kappa shape index (κ1) is 26.1. The second-order valence-electron chi connectivity index (χ2n) is 10.7. The molecule has 6 heteroatoms. The van der Waals surface area contributed by atoms with Crippen molar-refractivity contribution in [3.63, 3.8) is 0 Å². The lowest BCUT2D eigenvalue weighted by atomic mass is 9.83. The third kappa shape index (κ3) is 5.66. The van der Waals surface area contributed by atoms with E-state index in [0.717, 1.165) is 53.5 Å². The van der Waals surface area contributed by atoms with E-state index in [-0.39, 0.29) is 18.7 Å². The maximum absolute atomic E-state index is 13.6. The number of aliphatic hydroxyl groups excluding tert-OH is 2. The first-order valence-corrected chi connectivity index (χ1v) is 13.6. The summed E-state index contributed by atoms with van der Waals surface area (Å²) in [5, 5.41) is 24.9. The van der Waals surface area contributed by atoms with E-state index in [0.29, 0.717) is 18.4 Å². The standard InChI is InChI=1S/C32H36N2O4/c33-31(37)29-23(15-14-21-10-4-6-12-26(21)29)17-25(35)18-24(16-20-8-2-1-3-9-20)32(38)34-30-27-13-7-5-11-22(27)19-28(30)36/h1-3,5,7-9,11,13-15,24-25,28,30,35-36H,4,6,10,12,16-19H2,(H2,33,37)(H,34,38)/t24?,25-,28-,30+/m1/s1. The molecule has 3 aromatic rings. The Kier molecular flexibility index (Phi) is 7.91. The molecule has 2 amide bonds. The summed E-state index contributed by atoms with van der Waals surface area (Å²) in [6, 6.07) is 21.0. The van der Waals surface area contributed by atoms with Crippen LogP contribution in [-0.2, 0) is 36.9 Å². The molecule has 2 aliphatic rings. The minimum atomic E-state index is -0.838. The van der Waals surface area contributed by atoms with Gasteiger partial charge in [0.05, 0.1) is 18.2 Å². The highest BCUT2D eigenvalue weighted by Crippen LogP contribution is 2.32. The molecule has 3 aromatic carbocycles. The molecule has 0 aromatic heterocycles. The van der Waals surface area contributed by atoms with Crippen molar-refractivity contribution in [1.29, 1.82) is 0 Å². The van der Waals surface area contributed by atoms with Crippen molar-refractivity contribution in [2.75, 3.05) is 0 Å². The van der Waals surface area contributed by atoms with E-state index in [2.05, 4.69) is 11.4 Å². The summed E-state index contributed by atoms with van der Waals surface area (Å²) in [6.07, 6.45) is 3.79. The van der Waals surface area contributed by atoms with Crippen LogP contribution in [0.1, 0.15) is 69.0 Å². The molecule has 5 rings (SSSR count). The molecule has 6 nitrogen and oxygen atoms in total. The highest BCUT2D eigenvalue weighted by Gasteiger charge is 2.34. The van der Waals surface area contributed by atoms with Crippen LogP contribution in [0.2, 0.25) is 0 Å². The van der Waals surface area contributed by atoms with E-state index in [1.54, 1.807) is 0 Å². The zero-order chi connectivity index (χ0) is 26.6. The molecular formula is C32H36N2O4. The topological polar surface area (TPSA) is 113 Å². The molecule has 1 unspecified atom stereocenters. The number of aryl methyl sites for hydroxylation is 1. The second kappa shape index (κ2) is 11.5. The van der Waals surface area contributed by atoms with E-state index in [1.165, 1.54) is 5.56 Å². The second-order valence-corrected chi connectivity index (χ2v) is 10.7. The van der Waals surface area contributed by atoms with Gasteiger partial charge in [0, 0.05) is 17.9 Å². The average Bonchev–Trinajstić information content (AvgIpc) is 3.23. The van der Waals surface area contributed by atoms with Gasteiger partial charge in [-0.1, -0.05) is 66.7 Å². The predicted octanol–water partition coefficient (Wildman–Crippen LogP) is 3.59. The van der Waals surface area contributed by atoms with Crippen molar-refractivity contribution in [2.45, 2.75) is 69.6 Å². The summed E-state index contributed by atoms with van der Waals surface area (Å²) in [7, 11) is 0. The van der Waals surface area contributed by atoms with Crippen molar-refractivity contribution in [3.8, 4) is 0 Å². The zero-order valence-electron chi connectivity index (χ0n) is 21.6. The van der Waals surface area contributed by atoms with Gasteiger partial charge in [0.25, 0.3) is 0 Å². The summed E-state index contributed by atoms with van der Waals surface area (Å²) >= 11 is 0. The molecule has 0 saturated carbocycles. The number of carbonyl (C=O) groups excluding carboxylic acids is 2. The van der Waals surface area contributed by atoms with Crippen molar-refractivity contribution >= 4 is 11.8 Å². The SMILES string of the molecule is NC(=O)c1c(C[C@@H](O)CC(Cc2ccccc2)C(=O)N[C@H]2c3ccccc3C[C@H]2O)ccc2c1CCCC2. The smallest absolute Gasteiger partial charge is 0.249 e. The van der Waals surface area contributed by atoms with Gasteiger partial charge in [0.1, 0.15) is 0 Å². The van der Waals surface area contributed by atoms with Crippen LogP contribution in [0.15, 0.2) is 66.7 Å². The monoisotopic (exact) mass is 512 g/mol. The van der Waals surface area contributed by atoms with E-state index >= 15 is 0 Å². The van der Waals surface area contributed by atoms with E-state index in [4.69, 9.17) is 5.73 Å². The molecule has 198 valence electrons. The van der Waals surface area contributed by atoms with Gasteiger partial charge in [-0.25, -0.2) is 0 Å². The van der Waals surface area contributed by atoms with Gasteiger partial charge < -0.3 is 21.3 Å². The molecule has 0 fully saturated rings. The summed E-state index contributed by atoms with van der Waals surface area (Å²) in [4.78, 5) is 26.0. The number of benzene rings is 3. The van der Waals surface area contributed by atoms with Crippen LogP contribution in [0.4, 0.5) is 0 Å². The highest BCUT2D eigenvalue weighted by molar-refractivity contribution is 5.96. The van der Waals surface area contributed by atoms with E-state index in [1.807, 2.05) is 60.7 Å². The molecule has 0 spiro atoms. The molecule has 0 aliphatic heterocycles. The third-order valence-corrected chi connectivity index (χ3v) is 8.08. The Morgan fingerprint density at radius 1 is 0.921 bits per heavy atom. The first-order valence-electron chi connectivity index (χ1n) is 13.6. The number of fused-ring (bicyclic) bond motifs is 2. The summed E-state index contributed by atoms with van der Waals surface area (Å²) in [6.45, 7) is 0.